The molecule has 0 aromatic carbocycles. The van der Waals surface area contributed by atoms with Crippen LogP contribution in [0, 0.1) is 0 Å². The molecule has 1 amide bonds. The number of rotatable bonds is 3. The maximum absolute atomic E-state index is 10.7. The van der Waals surface area contributed by atoms with E-state index in [4.69, 9.17) is 11.6 Å². The highest BCUT2D eigenvalue weighted by atomic mass is 16.2. The van der Waals surface area contributed by atoms with E-state index in [1.807, 2.05) is 0 Å². The summed E-state index contributed by atoms with van der Waals surface area (Å²) in [6, 6.07) is 0. The average molecular weight is 158 g/mol. The second-order valence-electron chi connectivity index (χ2n) is 1.77. The smallest absolute Gasteiger partial charge is 0.227 e. The molecule has 0 fully saturated rings. The Morgan fingerprint density at radius 3 is 2.73 bits per heavy atom. The van der Waals surface area contributed by atoms with Crippen molar-refractivity contribution in [2.45, 2.75) is 12.8 Å². The summed E-state index contributed by atoms with van der Waals surface area (Å²) in [5.74, 6) is 4.20. The molecule has 0 unspecified atom stereocenters. The van der Waals surface area contributed by atoms with Gasteiger partial charge in [-0.15, -0.1) is 5.10 Å². The number of amides is 1. The van der Waals surface area contributed by atoms with Crippen molar-refractivity contribution >= 4 is 18.2 Å². The van der Waals surface area contributed by atoms with Gasteiger partial charge in [-0.1, -0.05) is 0 Å². The predicted molar refractivity (Wildman–Crippen MR) is 39.3 cm³/mol. The molecule has 0 saturated carbocycles. The zero-order valence-corrected chi connectivity index (χ0v) is 5.91. The first kappa shape index (κ1) is 9.41. The van der Waals surface area contributed by atoms with Crippen LogP contribution in [0.4, 0.5) is 0 Å². The molecule has 0 aromatic rings. The van der Waals surface area contributed by atoms with E-state index in [2.05, 4.69) is 10.4 Å². The van der Waals surface area contributed by atoms with Gasteiger partial charge < -0.3 is 16.4 Å². The average Bonchev–Trinajstić information content (AvgIpc) is 2.00. The third kappa shape index (κ3) is 4.89. The number of hydrogen-bond acceptors (Lipinski definition) is 4. The van der Waals surface area contributed by atoms with Crippen LogP contribution in [0.1, 0.15) is 12.8 Å². The Bertz CT molecular complexity index is 177. The fourth-order valence-electron chi connectivity index (χ4n) is 0.428. The first-order valence-corrected chi connectivity index (χ1v) is 2.97. The molecule has 0 aliphatic rings. The number of hydrogen-bond donors (Lipinski definition) is 3. The van der Waals surface area contributed by atoms with Crippen LogP contribution >= 0.6 is 0 Å². The number of nitrogens with zero attached hydrogens (tertiary/aromatic N) is 1. The normalized spacial score (nSPS) is 10.7. The molecule has 0 radical (unpaired) electrons. The van der Waals surface area contributed by atoms with E-state index >= 15 is 0 Å². The van der Waals surface area contributed by atoms with Crippen molar-refractivity contribution < 1.29 is 9.59 Å². The molecule has 0 rings (SSSR count). The molecule has 0 aromatic heterocycles. The Kier molecular flexibility index (Phi) is 4.46. The summed E-state index contributed by atoms with van der Waals surface area (Å²) in [5, 5.41) is 5.18. The van der Waals surface area contributed by atoms with E-state index in [0.29, 0.717) is 6.29 Å². The standard InChI is InChI=1S/C5H10N4O2/c6-5(9-7)8-4(11)2-1-3-10/h3H,1-2,7H2,(H3,6,8,9,11). The molecule has 6 nitrogen and oxygen atoms in total. The lowest BCUT2D eigenvalue weighted by Gasteiger charge is -1.99. The minimum atomic E-state index is -0.371. The number of nitrogens with two attached hydrogens (primary N) is 2. The molecular formula is C5H10N4O2. The Balaban J connectivity index is 3.60. The first-order valence-electron chi connectivity index (χ1n) is 2.97. The van der Waals surface area contributed by atoms with Crippen molar-refractivity contribution in [3.05, 3.63) is 0 Å². The number of carbonyl (C=O) groups is 2. The maximum Gasteiger partial charge on any atom is 0.227 e. The minimum absolute atomic E-state index is 0.0969. The lowest BCUT2D eigenvalue weighted by molar-refractivity contribution is -0.121. The van der Waals surface area contributed by atoms with Crippen LogP contribution in [0.5, 0.6) is 0 Å². The summed E-state index contributed by atoms with van der Waals surface area (Å²) in [7, 11) is 0. The van der Waals surface area contributed by atoms with Crippen LogP contribution < -0.4 is 16.9 Å². The Hall–Kier alpha value is -1.59. The van der Waals surface area contributed by atoms with Gasteiger partial charge in [-0.3, -0.25) is 10.1 Å². The van der Waals surface area contributed by atoms with Crippen molar-refractivity contribution in [2.24, 2.45) is 16.7 Å². The van der Waals surface area contributed by atoms with Crippen molar-refractivity contribution in [1.29, 1.82) is 0 Å². The highest BCUT2D eigenvalue weighted by Crippen LogP contribution is 1.82. The summed E-state index contributed by atoms with van der Waals surface area (Å²) in [6.45, 7) is 0. The summed E-state index contributed by atoms with van der Waals surface area (Å²) < 4.78 is 0. The van der Waals surface area contributed by atoms with Gasteiger partial charge in [0.1, 0.15) is 6.29 Å². The van der Waals surface area contributed by atoms with Crippen LogP contribution in [-0.2, 0) is 9.59 Å². The van der Waals surface area contributed by atoms with Crippen LogP contribution in [0.2, 0.25) is 0 Å². The molecule has 5 N–H and O–H groups in total. The largest absolute Gasteiger partial charge is 0.368 e. The SMILES string of the molecule is N/N=C(\N)NC(=O)CCC=O. The molecule has 0 saturated heterocycles. The Morgan fingerprint density at radius 1 is 1.64 bits per heavy atom. The van der Waals surface area contributed by atoms with Gasteiger partial charge in [-0.2, -0.15) is 0 Å². The number of carbonyl (C=O) groups excluding carboxylic acids is 2. The third-order valence-electron chi connectivity index (χ3n) is 0.896. The van der Waals surface area contributed by atoms with Crippen molar-refractivity contribution in [3.63, 3.8) is 0 Å². The number of guanidine groups is 1. The number of nitrogens with one attached hydrogen (secondary N) is 1. The van der Waals surface area contributed by atoms with E-state index in [1.54, 1.807) is 0 Å². The fraction of sp³-hybridized carbons (Fsp3) is 0.400. The predicted octanol–water partition coefficient (Wildman–Crippen LogP) is -1.73. The molecule has 0 spiro atoms. The highest BCUT2D eigenvalue weighted by molar-refractivity contribution is 5.96. The van der Waals surface area contributed by atoms with Crippen LogP contribution in [0.25, 0.3) is 0 Å². The quantitative estimate of drug-likeness (QED) is 0.149. The van der Waals surface area contributed by atoms with Gasteiger partial charge in [-0.25, -0.2) is 0 Å². The summed E-state index contributed by atoms with van der Waals surface area (Å²) >= 11 is 0. The van der Waals surface area contributed by atoms with Crippen LogP contribution in [0.15, 0.2) is 5.10 Å². The second-order valence-corrected chi connectivity index (χ2v) is 1.77. The monoisotopic (exact) mass is 158 g/mol. The maximum atomic E-state index is 10.7. The molecule has 0 aliphatic carbocycles. The summed E-state index contributed by atoms with van der Waals surface area (Å²) in [5.41, 5.74) is 5.05. The van der Waals surface area contributed by atoms with E-state index in [0.717, 1.165) is 0 Å². The summed E-state index contributed by atoms with van der Waals surface area (Å²) in [6.07, 6.45) is 0.915. The van der Waals surface area contributed by atoms with Gasteiger partial charge in [-0.05, 0) is 0 Å². The van der Waals surface area contributed by atoms with Crippen molar-refractivity contribution in [1.82, 2.24) is 5.32 Å². The Labute approximate surface area is 63.6 Å². The molecule has 6 heteroatoms. The zero-order valence-electron chi connectivity index (χ0n) is 5.91. The molecule has 62 valence electrons. The van der Waals surface area contributed by atoms with Gasteiger partial charge in [0, 0.05) is 12.8 Å². The van der Waals surface area contributed by atoms with Gasteiger partial charge >= 0.3 is 0 Å². The lowest BCUT2D eigenvalue weighted by atomic mass is 10.3. The van der Waals surface area contributed by atoms with Gasteiger partial charge in [0.05, 0.1) is 0 Å². The van der Waals surface area contributed by atoms with Gasteiger partial charge in [0.2, 0.25) is 11.9 Å². The topological polar surface area (TPSA) is 111 Å². The van der Waals surface area contributed by atoms with E-state index in [9.17, 15) is 9.59 Å². The molecule has 0 atom stereocenters. The van der Waals surface area contributed by atoms with Gasteiger partial charge in [0.25, 0.3) is 0 Å². The minimum Gasteiger partial charge on any atom is -0.368 e. The zero-order chi connectivity index (χ0) is 8.69. The van der Waals surface area contributed by atoms with Crippen molar-refractivity contribution in [2.75, 3.05) is 0 Å². The molecule has 11 heavy (non-hydrogen) atoms. The van der Waals surface area contributed by atoms with Gasteiger partial charge in [0.15, 0.2) is 0 Å². The third-order valence-corrected chi connectivity index (χ3v) is 0.896. The fourth-order valence-corrected chi connectivity index (χ4v) is 0.428. The number of aldehydes is 1. The van der Waals surface area contributed by atoms with E-state index in [-0.39, 0.29) is 24.7 Å². The molecule has 0 aliphatic heterocycles. The van der Waals surface area contributed by atoms with E-state index < -0.39 is 0 Å². The van der Waals surface area contributed by atoms with E-state index in [1.165, 1.54) is 0 Å². The van der Waals surface area contributed by atoms with Crippen molar-refractivity contribution in [3.8, 4) is 0 Å². The second kappa shape index (κ2) is 5.21. The highest BCUT2D eigenvalue weighted by Gasteiger charge is 2.00. The molecule has 0 bridgehead atoms. The summed E-state index contributed by atoms with van der Waals surface area (Å²) in [4.78, 5) is 20.5. The molecular weight excluding hydrogens is 148 g/mol. The van der Waals surface area contributed by atoms with Crippen LogP contribution in [0.3, 0.4) is 0 Å². The van der Waals surface area contributed by atoms with Crippen LogP contribution in [-0.4, -0.2) is 18.2 Å². The lowest BCUT2D eigenvalue weighted by Crippen LogP contribution is -2.37. The first-order chi connectivity index (χ1) is 5.20. The molecule has 0 heterocycles. The Morgan fingerprint density at radius 2 is 2.27 bits per heavy atom. The number of hydrazone groups is 1.